The molecule has 0 aliphatic carbocycles. The largest absolute Gasteiger partial charge is 0.399 e. The first-order chi connectivity index (χ1) is 8.28. The first-order valence-corrected chi connectivity index (χ1v) is 5.74. The van der Waals surface area contributed by atoms with Crippen molar-refractivity contribution in [2.24, 2.45) is 0 Å². The molecule has 84 valence electrons. The van der Waals surface area contributed by atoms with Crippen molar-refractivity contribution in [3.8, 4) is 11.8 Å². The molecule has 0 heterocycles. The maximum atomic E-state index is 5.70. The molecule has 0 saturated heterocycles. The molecule has 0 radical (unpaired) electrons. The molecular formula is C16H15N. The molecule has 2 aromatic rings. The van der Waals surface area contributed by atoms with Gasteiger partial charge in [-0.3, -0.25) is 0 Å². The van der Waals surface area contributed by atoms with Gasteiger partial charge in [-0.15, -0.1) is 0 Å². The summed E-state index contributed by atoms with van der Waals surface area (Å²) in [4.78, 5) is 0. The van der Waals surface area contributed by atoms with E-state index in [2.05, 4.69) is 43.0 Å². The third-order valence-corrected chi connectivity index (χ3v) is 2.60. The van der Waals surface area contributed by atoms with Gasteiger partial charge in [0.1, 0.15) is 0 Å². The molecular weight excluding hydrogens is 206 g/mol. The maximum absolute atomic E-state index is 5.70. The molecule has 0 aromatic heterocycles. The summed E-state index contributed by atoms with van der Waals surface area (Å²) in [6.45, 7) is 2.15. The zero-order valence-corrected chi connectivity index (χ0v) is 9.90. The van der Waals surface area contributed by atoms with E-state index < -0.39 is 0 Å². The monoisotopic (exact) mass is 221 g/mol. The molecule has 0 spiro atoms. The summed E-state index contributed by atoms with van der Waals surface area (Å²) in [6, 6.07) is 16.0. The van der Waals surface area contributed by atoms with E-state index >= 15 is 0 Å². The van der Waals surface area contributed by atoms with Crippen LogP contribution in [0.5, 0.6) is 0 Å². The Bertz CT molecular complexity index is 556. The molecule has 2 N–H and O–H groups in total. The van der Waals surface area contributed by atoms with Crippen molar-refractivity contribution in [3.63, 3.8) is 0 Å². The summed E-state index contributed by atoms with van der Waals surface area (Å²) in [7, 11) is 0. The number of nitrogens with two attached hydrogens (primary N) is 1. The number of aryl methyl sites for hydroxylation is 1. The van der Waals surface area contributed by atoms with Gasteiger partial charge in [0.25, 0.3) is 0 Å². The Morgan fingerprint density at radius 1 is 0.941 bits per heavy atom. The fourth-order valence-electron chi connectivity index (χ4n) is 1.58. The van der Waals surface area contributed by atoms with Crippen molar-refractivity contribution in [2.45, 2.75) is 13.3 Å². The van der Waals surface area contributed by atoms with Gasteiger partial charge in [-0.2, -0.15) is 0 Å². The average Bonchev–Trinajstić information content (AvgIpc) is 2.37. The van der Waals surface area contributed by atoms with Crippen molar-refractivity contribution in [1.29, 1.82) is 0 Å². The topological polar surface area (TPSA) is 26.0 Å². The van der Waals surface area contributed by atoms with Crippen LogP contribution in [0, 0.1) is 11.8 Å². The van der Waals surface area contributed by atoms with Crippen LogP contribution >= 0.6 is 0 Å². The van der Waals surface area contributed by atoms with Crippen LogP contribution in [-0.2, 0) is 6.42 Å². The standard InChI is InChI=1S/C16H15N/c1-2-13-6-8-14(9-7-13)10-11-15-4-3-5-16(17)12-15/h3-9,12H,2,17H2,1H3. The van der Waals surface area contributed by atoms with Crippen LogP contribution in [0.2, 0.25) is 0 Å². The van der Waals surface area contributed by atoms with E-state index in [0.717, 1.165) is 23.2 Å². The van der Waals surface area contributed by atoms with Crippen molar-refractivity contribution in [3.05, 3.63) is 65.2 Å². The molecule has 0 bridgehead atoms. The lowest BCUT2D eigenvalue weighted by atomic mass is 10.1. The predicted octanol–water partition coefficient (Wildman–Crippen LogP) is 3.23. The molecule has 17 heavy (non-hydrogen) atoms. The van der Waals surface area contributed by atoms with Crippen LogP contribution in [0.25, 0.3) is 0 Å². The number of anilines is 1. The maximum Gasteiger partial charge on any atom is 0.0326 e. The van der Waals surface area contributed by atoms with Gasteiger partial charge in [-0.1, -0.05) is 37.0 Å². The Kier molecular flexibility index (Phi) is 3.47. The molecule has 0 unspecified atom stereocenters. The molecule has 2 aromatic carbocycles. The lowest BCUT2D eigenvalue weighted by molar-refractivity contribution is 1.14. The summed E-state index contributed by atoms with van der Waals surface area (Å²) in [5, 5.41) is 0. The van der Waals surface area contributed by atoms with Crippen LogP contribution in [0.15, 0.2) is 48.5 Å². The molecule has 1 nitrogen and oxygen atoms in total. The highest BCUT2D eigenvalue weighted by Gasteiger charge is 1.90. The summed E-state index contributed by atoms with van der Waals surface area (Å²) < 4.78 is 0. The number of hydrogen-bond acceptors (Lipinski definition) is 1. The molecule has 0 atom stereocenters. The molecule has 0 amide bonds. The number of hydrogen-bond donors (Lipinski definition) is 1. The van der Waals surface area contributed by atoms with Gasteiger partial charge in [0.05, 0.1) is 0 Å². The highest BCUT2D eigenvalue weighted by Crippen LogP contribution is 2.06. The minimum absolute atomic E-state index is 0.748. The fourth-order valence-corrected chi connectivity index (χ4v) is 1.58. The summed E-state index contributed by atoms with van der Waals surface area (Å²) >= 11 is 0. The van der Waals surface area contributed by atoms with Crippen LogP contribution in [-0.4, -0.2) is 0 Å². The van der Waals surface area contributed by atoms with Gasteiger partial charge in [0, 0.05) is 16.8 Å². The quantitative estimate of drug-likeness (QED) is 0.580. The van der Waals surface area contributed by atoms with E-state index in [1.54, 1.807) is 0 Å². The molecule has 0 saturated carbocycles. The first-order valence-electron chi connectivity index (χ1n) is 5.74. The highest BCUT2D eigenvalue weighted by atomic mass is 14.5. The van der Waals surface area contributed by atoms with Gasteiger partial charge in [-0.05, 0) is 42.3 Å². The second-order valence-electron chi connectivity index (χ2n) is 3.93. The van der Waals surface area contributed by atoms with Gasteiger partial charge in [0.15, 0.2) is 0 Å². The smallest absolute Gasteiger partial charge is 0.0326 e. The van der Waals surface area contributed by atoms with E-state index in [0.29, 0.717) is 0 Å². The van der Waals surface area contributed by atoms with E-state index in [1.807, 2.05) is 24.3 Å². The van der Waals surface area contributed by atoms with Gasteiger partial charge >= 0.3 is 0 Å². The molecule has 0 aliphatic rings. The van der Waals surface area contributed by atoms with Gasteiger partial charge in [-0.25, -0.2) is 0 Å². The van der Waals surface area contributed by atoms with Crippen LogP contribution in [0.3, 0.4) is 0 Å². The SMILES string of the molecule is CCc1ccc(C#Cc2cccc(N)c2)cc1. The van der Waals surface area contributed by atoms with E-state index in [9.17, 15) is 0 Å². The van der Waals surface area contributed by atoms with Crippen LogP contribution < -0.4 is 5.73 Å². The highest BCUT2D eigenvalue weighted by molar-refractivity contribution is 5.49. The third-order valence-electron chi connectivity index (χ3n) is 2.60. The van der Waals surface area contributed by atoms with Crippen molar-refractivity contribution >= 4 is 5.69 Å². The second-order valence-corrected chi connectivity index (χ2v) is 3.93. The zero-order valence-electron chi connectivity index (χ0n) is 9.90. The summed E-state index contributed by atoms with van der Waals surface area (Å²) in [6.07, 6.45) is 1.06. The average molecular weight is 221 g/mol. The van der Waals surface area contributed by atoms with Crippen molar-refractivity contribution in [2.75, 3.05) is 5.73 Å². The lowest BCUT2D eigenvalue weighted by Crippen LogP contribution is -1.84. The molecule has 2 rings (SSSR count). The Morgan fingerprint density at radius 2 is 1.65 bits per heavy atom. The minimum atomic E-state index is 0.748. The minimum Gasteiger partial charge on any atom is -0.399 e. The fraction of sp³-hybridized carbons (Fsp3) is 0.125. The predicted molar refractivity (Wildman–Crippen MR) is 72.7 cm³/mol. The van der Waals surface area contributed by atoms with Crippen LogP contribution in [0.1, 0.15) is 23.6 Å². The number of benzene rings is 2. The van der Waals surface area contributed by atoms with Gasteiger partial charge < -0.3 is 5.73 Å². The Hall–Kier alpha value is -2.20. The first kappa shape index (κ1) is 11.3. The normalized spacial score (nSPS) is 9.47. The Labute approximate surface area is 102 Å². The van der Waals surface area contributed by atoms with Gasteiger partial charge in [0.2, 0.25) is 0 Å². The lowest BCUT2D eigenvalue weighted by Gasteiger charge is -1.95. The second kappa shape index (κ2) is 5.23. The Morgan fingerprint density at radius 3 is 2.29 bits per heavy atom. The van der Waals surface area contributed by atoms with E-state index in [4.69, 9.17) is 5.73 Å². The van der Waals surface area contributed by atoms with Crippen molar-refractivity contribution < 1.29 is 0 Å². The molecule has 1 heteroatoms. The van der Waals surface area contributed by atoms with Crippen molar-refractivity contribution in [1.82, 2.24) is 0 Å². The number of nitrogen functional groups attached to an aromatic ring is 1. The molecule has 0 aliphatic heterocycles. The zero-order chi connectivity index (χ0) is 12.1. The van der Waals surface area contributed by atoms with E-state index in [-0.39, 0.29) is 0 Å². The van der Waals surface area contributed by atoms with Crippen LogP contribution in [0.4, 0.5) is 5.69 Å². The molecule has 0 fully saturated rings. The van der Waals surface area contributed by atoms with E-state index in [1.165, 1.54) is 5.56 Å². The number of rotatable bonds is 1. The summed E-state index contributed by atoms with van der Waals surface area (Å²) in [5.41, 5.74) is 9.76. The summed E-state index contributed by atoms with van der Waals surface area (Å²) in [5.74, 6) is 6.24. The third kappa shape index (κ3) is 3.12. The Balaban J connectivity index is 2.20.